The first-order chi connectivity index (χ1) is 9.86. The first-order valence-electron chi connectivity index (χ1n) is 7.15. The Kier molecular flexibility index (Phi) is 4.56. The molecule has 6 nitrogen and oxygen atoms in total. The SMILES string of the molecule is CCCC1NC(=O)C(C)N(Cc2c(Cl)c(C)nn2C)C1=O. The van der Waals surface area contributed by atoms with Crippen LogP contribution in [0.25, 0.3) is 0 Å². The van der Waals surface area contributed by atoms with E-state index in [1.165, 1.54) is 0 Å². The summed E-state index contributed by atoms with van der Waals surface area (Å²) in [4.78, 5) is 26.2. The second kappa shape index (κ2) is 6.05. The van der Waals surface area contributed by atoms with Crippen LogP contribution < -0.4 is 5.32 Å². The zero-order valence-electron chi connectivity index (χ0n) is 12.8. The average Bonchev–Trinajstić information content (AvgIpc) is 2.67. The molecule has 0 aliphatic carbocycles. The summed E-state index contributed by atoms with van der Waals surface area (Å²) in [5.74, 6) is -0.179. The van der Waals surface area contributed by atoms with Crippen LogP contribution in [0.5, 0.6) is 0 Å². The second-order valence-electron chi connectivity index (χ2n) is 5.46. The van der Waals surface area contributed by atoms with Gasteiger partial charge in [-0.3, -0.25) is 14.3 Å². The van der Waals surface area contributed by atoms with Gasteiger partial charge in [0.2, 0.25) is 11.8 Å². The summed E-state index contributed by atoms with van der Waals surface area (Å²) in [6.07, 6.45) is 1.48. The molecule has 1 aromatic heterocycles. The van der Waals surface area contributed by atoms with E-state index in [1.807, 2.05) is 13.8 Å². The molecular weight excluding hydrogens is 292 g/mol. The Morgan fingerprint density at radius 2 is 2.05 bits per heavy atom. The molecule has 2 heterocycles. The molecule has 7 heteroatoms. The van der Waals surface area contributed by atoms with Crippen molar-refractivity contribution in [1.82, 2.24) is 20.0 Å². The van der Waals surface area contributed by atoms with Crippen LogP contribution in [-0.4, -0.2) is 38.6 Å². The molecule has 1 aliphatic rings. The van der Waals surface area contributed by atoms with Crippen LogP contribution in [0.1, 0.15) is 38.1 Å². The number of aromatic nitrogens is 2. The van der Waals surface area contributed by atoms with E-state index in [-0.39, 0.29) is 11.8 Å². The lowest BCUT2D eigenvalue weighted by Gasteiger charge is -2.37. The standard InChI is InChI=1S/C14H21ClN4O2/c1-5-6-10-14(21)19(9(3)13(20)16-10)7-11-12(15)8(2)17-18(11)4/h9-10H,5-7H2,1-4H3,(H,16,20). The van der Waals surface area contributed by atoms with E-state index >= 15 is 0 Å². The van der Waals surface area contributed by atoms with Gasteiger partial charge in [0, 0.05) is 7.05 Å². The first kappa shape index (κ1) is 15.8. The molecule has 2 atom stereocenters. The molecule has 0 spiro atoms. The summed E-state index contributed by atoms with van der Waals surface area (Å²) in [5, 5.41) is 7.58. The lowest BCUT2D eigenvalue weighted by atomic mass is 10.0. The van der Waals surface area contributed by atoms with Gasteiger partial charge in [-0.2, -0.15) is 5.10 Å². The fourth-order valence-electron chi connectivity index (χ4n) is 2.60. The molecule has 0 aromatic carbocycles. The van der Waals surface area contributed by atoms with Gasteiger partial charge in [-0.05, 0) is 20.3 Å². The number of amides is 2. The fraction of sp³-hybridized carbons (Fsp3) is 0.643. The Balaban J connectivity index is 2.27. The molecule has 1 aromatic rings. The van der Waals surface area contributed by atoms with E-state index in [1.54, 1.807) is 23.6 Å². The van der Waals surface area contributed by atoms with Crippen LogP contribution in [0.3, 0.4) is 0 Å². The maximum atomic E-state index is 12.5. The number of halogens is 1. The zero-order valence-corrected chi connectivity index (χ0v) is 13.6. The van der Waals surface area contributed by atoms with Crippen molar-refractivity contribution in [3.63, 3.8) is 0 Å². The van der Waals surface area contributed by atoms with Crippen LogP contribution >= 0.6 is 11.6 Å². The summed E-state index contributed by atoms with van der Waals surface area (Å²) >= 11 is 6.24. The summed E-state index contributed by atoms with van der Waals surface area (Å²) in [6, 6.07) is -0.941. The number of carbonyl (C=O) groups is 2. The summed E-state index contributed by atoms with van der Waals surface area (Å²) in [6.45, 7) is 5.83. The van der Waals surface area contributed by atoms with Gasteiger partial charge in [0.1, 0.15) is 12.1 Å². The molecule has 21 heavy (non-hydrogen) atoms. The van der Waals surface area contributed by atoms with Crippen molar-refractivity contribution in [3.05, 3.63) is 16.4 Å². The number of piperazine rings is 1. The highest BCUT2D eigenvalue weighted by molar-refractivity contribution is 6.31. The van der Waals surface area contributed by atoms with Gasteiger partial charge in [0.15, 0.2) is 0 Å². The Labute approximate surface area is 129 Å². The number of rotatable bonds is 4. The van der Waals surface area contributed by atoms with E-state index in [4.69, 9.17) is 11.6 Å². The predicted octanol–water partition coefficient (Wildman–Crippen LogP) is 1.40. The highest BCUT2D eigenvalue weighted by atomic mass is 35.5. The van der Waals surface area contributed by atoms with Crippen molar-refractivity contribution < 1.29 is 9.59 Å². The van der Waals surface area contributed by atoms with E-state index in [2.05, 4.69) is 10.4 Å². The molecule has 116 valence electrons. The minimum absolute atomic E-state index is 0.0566. The van der Waals surface area contributed by atoms with Crippen molar-refractivity contribution in [2.24, 2.45) is 7.05 Å². The smallest absolute Gasteiger partial charge is 0.246 e. The van der Waals surface area contributed by atoms with E-state index in [0.29, 0.717) is 18.0 Å². The van der Waals surface area contributed by atoms with E-state index in [0.717, 1.165) is 17.8 Å². The minimum atomic E-state index is -0.503. The average molecular weight is 313 g/mol. The van der Waals surface area contributed by atoms with Crippen molar-refractivity contribution in [1.29, 1.82) is 0 Å². The molecule has 2 rings (SSSR count). The predicted molar refractivity (Wildman–Crippen MR) is 79.8 cm³/mol. The van der Waals surface area contributed by atoms with Gasteiger partial charge in [-0.1, -0.05) is 24.9 Å². The molecular formula is C14H21ClN4O2. The molecule has 1 N–H and O–H groups in total. The Bertz CT molecular complexity index is 570. The van der Waals surface area contributed by atoms with E-state index < -0.39 is 12.1 Å². The Morgan fingerprint density at radius 3 is 2.57 bits per heavy atom. The maximum Gasteiger partial charge on any atom is 0.246 e. The highest BCUT2D eigenvalue weighted by Gasteiger charge is 2.38. The fourth-order valence-corrected chi connectivity index (χ4v) is 2.82. The molecule has 0 radical (unpaired) electrons. The Hall–Kier alpha value is -1.56. The van der Waals surface area contributed by atoms with Gasteiger partial charge < -0.3 is 10.2 Å². The highest BCUT2D eigenvalue weighted by Crippen LogP contribution is 2.23. The van der Waals surface area contributed by atoms with Crippen molar-refractivity contribution >= 4 is 23.4 Å². The van der Waals surface area contributed by atoms with Gasteiger partial charge in [0.25, 0.3) is 0 Å². The number of carbonyl (C=O) groups excluding carboxylic acids is 2. The zero-order chi connectivity index (χ0) is 15.7. The van der Waals surface area contributed by atoms with Crippen LogP contribution in [0.2, 0.25) is 5.02 Å². The largest absolute Gasteiger partial charge is 0.343 e. The number of nitrogens with zero attached hydrogens (tertiary/aromatic N) is 3. The van der Waals surface area contributed by atoms with Crippen molar-refractivity contribution in [2.45, 2.75) is 52.2 Å². The summed E-state index contributed by atoms with van der Waals surface area (Å²) in [7, 11) is 1.79. The van der Waals surface area contributed by atoms with Crippen LogP contribution in [0.15, 0.2) is 0 Å². The van der Waals surface area contributed by atoms with Gasteiger partial charge in [0.05, 0.1) is 23.0 Å². The molecule has 0 saturated carbocycles. The number of aryl methyl sites for hydroxylation is 2. The van der Waals surface area contributed by atoms with Crippen LogP contribution in [0.4, 0.5) is 0 Å². The third kappa shape index (κ3) is 2.90. The van der Waals surface area contributed by atoms with Gasteiger partial charge >= 0.3 is 0 Å². The lowest BCUT2D eigenvalue weighted by Crippen LogP contribution is -2.62. The van der Waals surface area contributed by atoms with Crippen molar-refractivity contribution in [2.75, 3.05) is 0 Å². The molecule has 1 aliphatic heterocycles. The number of hydrogen-bond acceptors (Lipinski definition) is 3. The molecule has 0 bridgehead atoms. The topological polar surface area (TPSA) is 67.2 Å². The summed E-state index contributed by atoms with van der Waals surface area (Å²) < 4.78 is 1.67. The maximum absolute atomic E-state index is 12.5. The number of hydrogen-bond donors (Lipinski definition) is 1. The van der Waals surface area contributed by atoms with E-state index in [9.17, 15) is 9.59 Å². The Morgan fingerprint density at radius 1 is 1.38 bits per heavy atom. The second-order valence-corrected chi connectivity index (χ2v) is 5.84. The van der Waals surface area contributed by atoms with Crippen LogP contribution in [0, 0.1) is 6.92 Å². The first-order valence-corrected chi connectivity index (χ1v) is 7.53. The third-order valence-electron chi connectivity index (χ3n) is 3.90. The lowest BCUT2D eigenvalue weighted by molar-refractivity contribution is -0.149. The quantitative estimate of drug-likeness (QED) is 0.914. The minimum Gasteiger partial charge on any atom is -0.343 e. The summed E-state index contributed by atoms with van der Waals surface area (Å²) in [5.41, 5.74) is 1.47. The third-order valence-corrected chi connectivity index (χ3v) is 4.40. The monoisotopic (exact) mass is 312 g/mol. The normalized spacial score (nSPS) is 22.6. The van der Waals surface area contributed by atoms with Crippen LogP contribution in [-0.2, 0) is 23.2 Å². The molecule has 1 saturated heterocycles. The molecule has 1 fully saturated rings. The van der Waals surface area contributed by atoms with Gasteiger partial charge in [-0.25, -0.2) is 0 Å². The molecule has 2 amide bonds. The molecule has 2 unspecified atom stereocenters. The number of nitrogens with one attached hydrogen (secondary N) is 1. The van der Waals surface area contributed by atoms with Crippen molar-refractivity contribution in [3.8, 4) is 0 Å². The van der Waals surface area contributed by atoms with Gasteiger partial charge in [-0.15, -0.1) is 0 Å².